The maximum absolute atomic E-state index is 13.9. The second kappa shape index (κ2) is 13.1. The fraction of sp³-hybridized carbons (Fsp3) is 0.259. The molecule has 2 amide bonds. The first-order valence-electron chi connectivity index (χ1n) is 11.9. The molecular formula is C27H28Cl2FN3O4S. The summed E-state index contributed by atoms with van der Waals surface area (Å²) in [6.45, 7) is 3.17. The van der Waals surface area contributed by atoms with Crippen molar-refractivity contribution < 1.29 is 22.4 Å². The van der Waals surface area contributed by atoms with Crippen LogP contribution >= 0.6 is 23.2 Å². The van der Waals surface area contributed by atoms with Crippen molar-refractivity contribution in [2.45, 2.75) is 37.8 Å². The number of rotatable bonds is 11. The number of amides is 2. The molecular weight excluding hydrogens is 552 g/mol. The summed E-state index contributed by atoms with van der Waals surface area (Å²) in [6, 6.07) is 16.9. The van der Waals surface area contributed by atoms with E-state index in [1.165, 1.54) is 23.1 Å². The molecule has 3 aromatic rings. The van der Waals surface area contributed by atoms with Crippen molar-refractivity contribution >= 4 is 50.7 Å². The molecule has 1 N–H and O–H groups in total. The number of halogens is 3. The number of anilines is 1. The van der Waals surface area contributed by atoms with Crippen molar-refractivity contribution in [3.05, 3.63) is 94.2 Å². The molecule has 0 aliphatic heterocycles. The first kappa shape index (κ1) is 29.4. The van der Waals surface area contributed by atoms with Crippen LogP contribution in [0.1, 0.15) is 25.8 Å². The molecule has 0 aliphatic rings. The van der Waals surface area contributed by atoms with E-state index in [0.717, 1.165) is 16.4 Å². The summed E-state index contributed by atoms with van der Waals surface area (Å²) in [6.07, 6.45) is 0.274. The lowest BCUT2D eigenvalue weighted by molar-refractivity contribution is -0.140. The highest BCUT2D eigenvalue weighted by atomic mass is 35.5. The molecule has 3 rings (SSSR count). The van der Waals surface area contributed by atoms with E-state index in [1.54, 1.807) is 56.3 Å². The summed E-state index contributed by atoms with van der Waals surface area (Å²) in [5, 5.41) is 2.83. The summed E-state index contributed by atoms with van der Waals surface area (Å²) in [5.41, 5.74) is 0.588. The van der Waals surface area contributed by atoms with Crippen molar-refractivity contribution in [3.63, 3.8) is 0 Å². The Kier molecular flexibility index (Phi) is 10.1. The molecule has 0 fully saturated rings. The van der Waals surface area contributed by atoms with Gasteiger partial charge in [-0.1, -0.05) is 66.5 Å². The number of sulfonamides is 1. The quantitative estimate of drug-likeness (QED) is 0.335. The molecule has 0 radical (unpaired) electrons. The van der Waals surface area contributed by atoms with Crippen molar-refractivity contribution in [2.24, 2.45) is 0 Å². The summed E-state index contributed by atoms with van der Waals surface area (Å²) in [7, 11) is -4.28. The molecule has 0 spiro atoms. The number of nitrogens with one attached hydrogen (secondary N) is 1. The van der Waals surface area contributed by atoms with Crippen LogP contribution in [0.25, 0.3) is 0 Å². The van der Waals surface area contributed by atoms with Gasteiger partial charge in [0, 0.05) is 18.1 Å². The molecule has 38 heavy (non-hydrogen) atoms. The number of carbonyl (C=O) groups excluding carboxylic acids is 2. The zero-order valence-corrected chi connectivity index (χ0v) is 23.2. The topological polar surface area (TPSA) is 86.8 Å². The lowest BCUT2D eigenvalue weighted by Gasteiger charge is -2.33. The monoisotopic (exact) mass is 579 g/mol. The minimum atomic E-state index is -4.28. The van der Waals surface area contributed by atoms with Crippen LogP contribution in [0.15, 0.2) is 77.7 Å². The lowest BCUT2D eigenvalue weighted by atomic mass is 10.1. The van der Waals surface area contributed by atoms with Gasteiger partial charge in [0.2, 0.25) is 11.8 Å². The molecule has 3 aromatic carbocycles. The zero-order valence-electron chi connectivity index (χ0n) is 20.9. The van der Waals surface area contributed by atoms with Crippen LogP contribution in [0.2, 0.25) is 10.0 Å². The normalized spacial score (nSPS) is 12.0. The first-order chi connectivity index (χ1) is 18.1. The van der Waals surface area contributed by atoms with Crippen LogP contribution in [0.3, 0.4) is 0 Å². The molecule has 1 atom stereocenters. The summed E-state index contributed by atoms with van der Waals surface area (Å²) in [5.74, 6) is -1.76. The van der Waals surface area contributed by atoms with Gasteiger partial charge < -0.3 is 10.2 Å². The Bertz CT molecular complexity index is 1390. The molecule has 0 heterocycles. The van der Waals surface area contributed by atoms with Gasteiger partial charge in [-0.25, -0.2) is 12.8 Å². The van der Waals surface area contributed by atoms with E-state index in [2.05, 4.69) is 5.32 Å². The molecule has 202 valence electrons. The molecule has 7 nitrogen and oxygen atoms in total. The van der Waals surface area contributed by atoms with Crippen LogP contribution in [-0.2, 0) is 26.2 Å². The van der Waals surface area contributed by atoms with Gasteiger partial charge in [0.15, 0.2) is 0 Å². The third-order valence-corrected chi connectivity index (χ3v) is 8.28. The molecule has 0 saturated carbocycles. The second-order valence-electron chi connectivity index (χ2n) is 8.35. The minimum Gasteiger partial charge on any atom is -0.355 e. The Morgan fingerprint density at radius 1 is 0.947 bits per heavy atom. The summed E-state index contributed by atoms with van der Waals surface area (Å²) in [4.78, 5) is 28.0. The minimum absolute atomic E-state index is 0.00245. The third kappa shape index (κ3) is 6.83. The number of likely N-dealkylation sites (N-methyl/N-ethyl adjacent to an activating group) is 1. The first-order valence-corrected chi connectivity index (χ1v) is 14.1. The number of hydrogen-bond acceptors (Lipinski definition) is 4. The Morgan fingerprint density at radius 3 is 2.21 bits per heavy atom. The zero-order chi connectivity index (χ0) is 27.9. The smallest absolute Gasteiger partial charge is 0.264 e. The largest absolute Gasteiger partial charge is 0.355 e. The average Bonchev–Trinajstić information content (AvgIpc) is 2.90. The SMILES string of the molecule is CCNC(=O)[C@@H](CC)N(Cc1ccccc1Cl)C(=O)CN(c1ccc(F)c(Cl)c1)S(=O)(=O)c1ccccc1. The highest BCUT2D eigenvalue weighted by Gasteiger charge is 2.34. The van der Waals surface area contributed by atoms with Gasteiger partial charge >= 0.3 is 0 Å². The van der Waals surface area contributed by atoms with E-state index in [-0.39, 0.29) is 34.5 Å². The number of hydrogen-bond donors (Lipinski definition) is 1. The number of carbonyl (C=O) groups is 2. The summed E-state index contributed by atoms with van der Waals surface area (Å²) < 4.78 is 42.2. The predicted molar refractivity (Wildman–Crippen MR) is 147 cm³/mol. The fourth-order valence-corrected chi connectivity index (χ4v) is 5.71. The lowest BCUT2D eigenvalue weighted by Crippen LogP contribution is -2.52. The van der Waals surface area contributed by atoms with Crippen LogP contribution in [-0.4, -0.2) is 44.3 Å². The van der Waals surface area contributed by atoms with E-state index < -0.39 is 34.3 Å². The maximum Gasteiger partial charge on any atom is 0.264 e. The van der Waals surface area contributed by atoms with Gasteiger partial charge in [-0.15, -0.1) is 0 Å². The van der Waals surface area contributed by atoms with Gasteiger partial charge in [-0.2, -0.15) is 0 Å². The van der Waals surface area contributed by atoms with Crippen LogP contribution in [0, 0.1) is 5.82 Å². The van der Waals surface area contributed by atoms with Crippen molar-refractivity contribution in [1.82, 2.24) is 10.2 Å². The Labute approximate surface area is 232 Å². The van der Waals surface area contributed by atoms with Gasteiger partial charge in [0.25, 0.3) is 10.0 Å². The van der Waals surface area contributed by atoms with E-state index in [4.69, 9.17) is 23.2 Å². The van der Waals surface area contributed by atoms with Gasteiger partial charge in [0.05, 0.1) is 15.6 Å². The van der Waals surface area contributed by atoms with Crippen molar-refractivity contribution in [1.29, 1.82) is 0 Å². The van der Waals surface area contributed by atoms with E-state index >= 15 is 0 Å². The molecule has 0 bridgehead atoms. The third-order valence-electron chi connectivity index (χ3n) is 5.84. The van der Waals surface area contributed by atoms with Crippen LogP contribution in [0.4, 0.5) is 10.1 Å². The Morgan fingerprint density at radius 2 is 1.61 bits per heavy atom. The fourth-order valence-electron chi connectivity index (χ4n) is 3.91. The molecule has 11 heteroatoms. The van der Waals surface area contributed by atoms with Crippen LogP contribution < -0.4 is 9.62 Å². The standard InChI is InChI=1S/C27H28Cl2FN3O4S/c1-3-25(27(35)31-4-2)32(17-19-10-8-9-13-22(19)28)26(34)18-33(20-14-15-24(30)23(29)16-20)38(36,37)21-11-6-5-7-12-21/h5-16,25H,3-4,17-18H2,1-2H3,(H,31,35)/t25-/m1/s1. The highest BCUT2D eigenvalue weighted by Crippen LogP contribution is 2.28. The van der Waals surface area contributed by atoms with Crippen molar-refractivity contribution in [3.8, 4) is 0 Å². The van der Waals surface area contributed by atoms with E-state index in [9.17, 15) is 22.4 Å². The molecule has 0 aromatic heterocycles. The predicted octanol–water partition coefficient (Wildman–Crippen LogP) is 5.27. The Balaban J connectivity index is 2.08. The molecule has 0 unspecified atom stereocenters. The maximum atomic E-state index is 13.9. The van der Waals surface area contributed by atoms with Gasteiger partial charge in [-0.3, -0.25) is 13.9 Å². The molecule has 0 aliphatic carbocycles. The number of nitrogens with zero attached hydrogens (tertiary/aromatic N) is 2. The molecule has 0 saturated heterocycles. The summed E-state index contributed by atoms with van der Waals surface area (Å²) >= 11 is 12.3. The second-order valence-corrected chi connectivity index (χ2v) is 11.0. The van der Waals surface area contributed by atoms with Crippen LogP contribution in [0.5, 0.6) is 0 Å². The van der Waals surface area contributed by atoms with E-state index in [0.29, 0.717) is 17.1 Å². The number of benzene rings is 3. The Hall–Kier alpha value is -3.14. The van der Waals surface area contributed by atoms with Gasteiger partial charge in [0.1, 0.15) is 18.4 Å². The highest BCUT2D eigenvalue weighted by molar-refractivity contribution is 7.92. The van der Waals surface area contributed by atoms with E-state index in [1.807, 2.05) is 0 Å². The van der Waals surface area contributed by atoms with Gasteiger partial charge in [-0.05, 0) is 55.3 Å². The van der Waals surface area contributed by atoms with Crippen molar-refractivity contribution in [2.75, 3.05) is 17.4 Å². The average molecular weight is 581 g/mol.